The van der Waals surface area contributed by atoms with E-state index in [1.54, 1.807) is 42.3 Å². The second-order valence-corrected chi connectivity index (χ2v) is 7.31. The van der Waals surface area contributed by atoms with Gasteiger partial charge in [-0.25, -0.2) is 0 Å². The zero-order valence-electron chi connectivity index (χ0n) is 15.8. The van der Waals surface area contributed by atoms with Gasteiger partial charge >= 0.3 is 0 Å². The van der Waals surface area contributed by atoms with E-state index in [2.05, 4.69) is 5.32 Å². The summed E-state index contributed by atoms with van der Waals surface area (Å²) in [5.74, 6) is 0.380. The molecule has 28 heavy (non-hydrogen) atoms. The van der Waals surface area contributed by atoms with Gasteiger partial charge in [0.2, 0.25) is 0 Å². The minimum atomic E-state index is -0.222. The highest BCUT2D eigenvalue weighted by Gasteiger charge is 2.17. The highest BCUT2D eigenvalue weighted by molar-refractivity contribution is 7.12. The predicted molar refractivity (Wildman–Crippen MR) is 112 cm³/mol. The molecular formula is C22H22N2O3S. The molecule has 0 unspecified atom stereocenters. The molecule has 2 amide bonds. The minimum Gasteiger partial charge on any atom is -0.492 e. The van der Waals surface area contributed by atoms with E-state index in [4.69, 9.17) is 4.74 Å². The number of para-hydroxylation sites is 1. The molecule has 0 saturated heterocycles. The summed E-state index contributed by atoms with van der Waals surface area (Å²) in [7, 11) is 1.72. The van der Waals surface area contributed by atoms with E-state index in [0.29, 0.717) is 29.3 Å². The molecule has 0 bridgehead atoms. The fraction of sp³-hybridized carbons (Fsp3) is 0.182. The molecule has 0 spiro atoms. The number of amides is 2. The molecule has 1 aromatic heterocycles. The lowest BCUT2D eigenvalue weighted by Crippen LogP contribution is -2.31. The fourth-order valence-corrected chi connectivity index (χ4v) is 3.23. The smallest absolute Gasteiger partial charge is 0.265 e. The number of carbonyl (C=O) groups excluding carboxylic acids is 2. The summed E-state index contributed by atoms with van der Waals surface area (Å²) in [6, 6.07) is 18.4. The number of hydrogen-bond donors (Lipinski definition) is 1. The van der Waals surface area contributed by atoms with Crippen LogP contribution in [0.25, 0.3) is 0 Å². The van der Waals surface area contributed by atoms with Crippen molar-refractivity contribution in [2.75, 3.05) is 25.5 Å². The fourth-order valence-electron chi connectivity index (χ4n) is 2.61. The maximum atomic E-state index is 12.8. The van der Waals surface area contributed by atoms with Crippen molar-refractivity contribution in [1.29, 1.82) is 0 Å². The normalized spacial score (nSPS) is 10.4. The monoisotopic (exact) mass is 394 g/mol. The second-order valence-electron chi connectivity index (χ2n) is 6.37. The molecule has 3 aromatic rings. The largest absolute Gasteiger partial charge is 0.492 e. The Labute approximate surface area is 168 Å². The van der Waals surface area contributed by atoms with E-state index >= 15 is 0 Å². The van der Waals surface area contributed by atoms with E-state index in [0.717, 1.165) is 5.75 Å². The molecule has 0 radical (unpaired) electrons. The molecule has 6 heteroatoms. The van der Waals surface area contributed by atoms with Gasteiger partial charge in [-0.05, 0) is 42.6 Å². The topological polar surface area (TPSA) is 58.6 Å². The standard InChI is InChI=1S/C22H22N2O3S/c1-16-9-11-17(12-10-16)27-14-13-24(2)22(26)18-6-3-4-7-19(18)23-21(25)20-8-5-15-28-20/h3-12,15H,13-14H2,1-2H3,(H,23,25). The van der Waals surface area contributed by atoms with Crippen molar-refractivity contribution in [3.8, 4) is 5.75 Å². The van der Waals surface area contributed by atoms with Gasteiger partial charge in [0.05, 0.1) is 22.7 Å². The molecule has 1 heterocycles. The number of nitrogens with one attached hydrogen (secondary N) is 1. The van der Waals surface area contributed by atoms with Crippen LogP contribution in [0.15, 0.2) is 66.0 Å². The summed E-state index contributed by atoms with van der Waals surface area (Å²) in [4.78, 5) is 27.4. The van der Waals surface area contributed by atoms with Crippen molar-refractivity contribution in [1.82, 2.24) is 4.90 Å². The summed E-state index contributed by atoms with van der Waals surface area (Å²) >= 11 is 1.36. The average molecular weight is 394 g/mol. The first-order valence-corrected chi connectivity index (χ1v) is 9.81. The van der Waals surface area contributed by atoms with Gasteiger partial charge in [0.1, 0.15) is 12.4 Å². The Kier molecular flexibility index (Phi) is 6.45. The van der Waals surface area contributed by atoms with Gasteiger partial charge in [0, 0.05) is 7.05 Å². The predicted octanol–water partition coefficient (Wildman–Crippen LogP) is 4.46. The molecule has 0 saturated carbocycles. The maximum Gasteiger partial charge on any atom is 0.265 e. The summed E-state index contributed by atoms with van der Waals surface area (Å²) in [5, 5.41) is 4.67. The summed E-state index contributed by atoms with van der Waals surface area (Å²) in [5.41, 5.74) is 2.11. The van der Waals surface area contributed by atoms with Crippen LogP contribution in [-0.2, 0) is 0 Å². The molecule has 0 aliphatic carbocycles. The maximum absolute atomic E-state index is 12.8. The van der Waals surface area contributed by atoms with Crippen molar-refractivity contribution >= 4 is 28.8 Å². The third kappa shape index (κ3) is 4.98. The minimum absolute atomic E-state index is 0.172. The van der Waals surface area contributed by atoms with Crippen LogP contribution < -0.4 is 10.1 Å². The SMILES string of the molecule is Cc1ccc(OCCN(C)C(=O)c2ccccc2NC(=O)c2cccs2)cc1. The van der Waals surface area contributed by atoms with Crippen LogP contribution in [0.1, 0.15) is 25.6 Å². The average Bonchev–Trinajstić information content (AvgIpc) is 3.24. The summed E-state index contributed by atoms with van der Waals surface area (Å²) < 4.78 is 5.70. The van der Waals surface area contributed by atoms with E-state index in [-0.39, 0.29) is 11.8 Å². The van der Waals surface area contributed by atoms with Crippen LogP contribution >= 0.6 is 11.3 Å². The molecule has 0 aliphatic heterocycles. The number of rotatable bonds is 7. The number of anilines is 1. The molecule has 0 fully saturated rings. The number of ether oxygens (including phenoxy) is 1. The number of carbonyl (C=O) groups is 2. The molecule has 5 nitrogen and oxygen atoms in total. The van der Waals surface area contributed by atoms with Crippen LogP contribution in [0.2, 0.25) is 0 Å². The van der Waals surface area contributed by atoms with Crippen LogP contribution in [0, 0.1) is 6.92 Å². The Bertz CT molecular complexity index is 937. The third-order valence-corrected chi connectivity index (χ3v) is 5.08. The van der Waals surface area contributed by atoms with Crippen molar-refractivity contribution in [3.05, 3.63) is 82.0 Å². The number of benzene rings is 2. The Hall–Kier alpha value is -3.12. The third-order valence-electron chi connectivity index (χ3n) is 4.21. The van der Waals surface area contributed by atoms with Gasteiger partial charge in [-0.2, -0.15) is 0 Å². The quantitative estimate of drug-likeness (QED) is 0.644. The van der Waals surface area contributed by atoms with Gasteiger partial charge in [-0.1, -0.05) is 35.9 Å². The first-order valence-electron chi connectivity index (χ1n) is 8.93. The Morgan fingerprint density at radius 2 is 1.79 bits per heavy atom. The zero-order chi connectivity index (χ0) is 19.9. The lowest BCUT2D eigenvalue weighted by atomic mass is 10.1. The molecule has 2 aromatic carbocycles. The van der Waals surface area contributed by atoms with Gasteiger partial charge in [-0.3, -0.25) is 9.59 Å². The summed E-state index contributed by atoms with van der Waals surface area (Å²) in [6.45, 7) is 2.83. The van der Waals surface area contributed by atoms with Crippen molar-refractivity contribution in [2.24, 2.45) is 0 Å². The number of thiophene rings is 1. The number of hydrogen-bond acceptors (Lipinski definition) is 4. The van der Waals surface area contributed by atoms with Crippen LogP contribution in [-0.4, -0.2) is 36.9 Å². The Morgan fingerprint density at radius 3 is 2.50 bits per heavy atom. The zero-order valence-corrected chi connectivity index (χ0v) is 16.7. The lowest BCUT2D eigenvalue weighted by molar-refractivity contribution is 0.0775. The highest BCUT2D eigenvalue weighted by Crippen LogP contribution is 2.19. The first kappa shape index (κ1) is 19.6. The van der Waals surface area contributed by atoms with Crippen LogP contribution in [0.3, 0.4) is 0 Å². The van der Waals surface area contributed by atoms with E-state index in [1.807, 2.05) is 42.6 Å². The number of likely N-dealkylation sites (N-methyl/N-ethyl adjacent to an activating group) is 1. The molecule has 3 rings (SSSR count). The summed E-state index contributed by atoms with van der Waals surface area (Å²) in [6.07, 6.45) is 0. The second kappa shape index (κ2) is 9.19. The van der Waals surface area contributed by atoms with Crippen molar-refractivity contribution < 1.29 is 14.3 Å². The van der Waals surface area contributed by atoms with Crippen LogP contribution in [0.5, 0.6) is 5.75 Å². The highest BCUT2D eigenvalue weighted by atomic mass is 32.1. The number of aryl methyl sites for hydroxylation is 1. The van der Waals surface area contributed by atoms with E-state index in [1.165, 1.54) is 16.9 Å². The molecule has 0 aliphatic rings. The van der Waals surface area contributed by atoms with E-state index < -0.39 is 0 Å². The molecule has 1 N–H and O–H groups in total. The molecule has 144 valence electrons. The van der Waals surface area contributed by atoms with Gasteiger partial charge in [0.15, 0.2) is 0 Å². The van der Waals surface area contributed by atoms with Gasteiger partial charge < -0.3 is 15.0 Å². The molecular weight excluding hydrogens is 372 g/mol. The first-order chi connectivity index (χ1) is 13.5. The Morgan fingerprint density at radius 1 is 1.04 bits per heavy atom. The number of nitrogens with zero attached hydrogens (tertiary/aromatic N) is 1. The van der Waals surface area contributed by atoms with Gasteiger partial charge in [-0.15, -0.1) is 11.3 Å². The van der Waals surface area contributed by atoms with Gasteiger partial charge in [0.25, 0.3) is 11.8 Å². The Balaban J connectivity index is 1.61. The lowest BCUT2D eigenvalue weighted by Gasteiger charge is -2.19. The van der Waals surface area contributed by atoms with E-state index in [9.17, 15) is 9.59 Å². The van der Waals surface area contributed by atoms with Crippen molar-refractivity contribution in [2.45, 2.75) is 6.92 Å². The van der Waals surface area contributed by atoms with Crippen molar-refractivity contribution in [3.63, 3.8) is 0 Å². The molecule has 0 atom stereocenters. The van der Waals surface area contributed by atoms with Crippen LogP contribution in [0.4, 0.5) is 5.69 Å².